The van der Waals surface area contributed by atoms with Crippen LogP contribution in [-0.4, -0.2) is 31.3 Å². The van der Waals surface area contributed by atoms with Crippen LogP contribution in [0.5, 0.6) is 0 Å². The molecule has 0 aliphatic rings. The summed E-state index contributed by atoms with van der Waals surface area (Å²) in [6.07, 6.45) is 0.495. The number of carbonyl (C=O) groups is 1. The molecule has 0 aromatic carbocycles. The van der Waals surface area contributed by atoms with Crippen molar-refractivity contribution in [3.8, 4) is 0 Å². The van der Waals surface area contributed by atoms with E-state index in [-0.39, 0.29) is 11.2 Å². The Morgan fingerprint density at radius 3 is 2.20 bits per heavy atom. The van der Waals surface area contributed by atoms with Crippen molar-refractivity contribution in [2.24, 2.45) is 5.41 Å². The van der Waals surface area contributed by atoms with Gasteiger partial charge in [-0.15, -0.1) is 0 Å². The van der Waals surface area contributed by atoms with Gasteiger partial charge >= 0.3 is 5.97 Å². The van der Waals surface area contributed by atoms with Crippen molar-refractivity contribution in [2.75, 3.05) is 5.75 Å². The fraction of sp³-hybridized carbons (Fsp3) is 0.889. The van der Waals surface area contributed by atoms with Crippen LogP contribution in [0.1, 0.15) is 34.1 Å². The Bertz CT molecular complexity index is 315. The minimum absolute atomic E-state index is 0.0475. The normalized spacial score (nSPS) is 14.9. The molecule has 0 spiro atoms. The first-order valence-electron chi connectivity index (χ1n) is 4.76. The van der Waals surface area contributed by atoms with Crippen molar-refractivity contribution in [1.82, 2.24) is 4.72 Å². The van der Waals surface area contributed by atoms with Crippen molar-refractivity contribution in [1.29, 1.82) is 0 Å². The lowest BCUT2D eigenvalue weighted by molar-refractivity contribution is -0.138. The fourth-order valence-electron chi connectivity index (χ4n) is 0.819. The van der Waals surface area contributed by atoms with Crippen molar-refractivity contribution in [2.45, 2.75) is 40.2 Å². The Balaban J connectivity index is 4.27. The van der Waals surface area contributed by atoms with Crippen LogP contribution in [0.25, 0.3) is 0 Å². The van der Waals surface area contributed by atoms with Gasteiger partial charge in [0.1, 0.15) is 6.04 Å². The molecule has 0 radical (unpaired) electrons. The van der Waals surface area contributed by atoms with Crippen LogP contribution in [0.4, 0.5) is 0 Å². The van der Waals surface area contributed by atoms with E-state index >= 15 is 0 Å². The molecule has 15 heavy (non-hydrogen) atoms. The second kappa shape index (κ2) is 4.94. The van der Waals surface area contributed by atoms with E-state index in [1.165, 1.54) is 6.92 Å². The monoisotopic (exact) mass is 237 g/mol. The predicted octanol–water partition coefficient (Wildman–Crippen LogP) is 0.815. The summed E-state index contributed by atoms with van der Waals surface area (Å²) in [5.74, 6) is -1.22. The number of hydrogen-bond donors (Lipinski definition) is 2. The summed E-state index contributed by atoms with van der Waals surface area (Å²) >= 11 is 0. The lowest BCUT2D eigenvalue weighted by atomic mass is 9.94. The van der Waals surface area contributed by atoms with E-state index in [4.69, 9.17) is 5.11 Å². The zero-order chi connectivity index (χ0) is 12.3. The van der Waals surface area contributed by atoms with Gasteiger partial charge in [-0.3, -0.25) is 4.79 Å². The van der Waals surface area contributed by atoms with Crippen molar-refractivity contribution in [3.05, 3.63) is 0 Å². The molecule has 0 aliphatic carbocycles. The van der Waals surface area contributed by atoms with Gasteiger partial charge in [0.15, 0.2) is 0 Å². The van der Waals surface area contributed by atoms with Crippen LogP contribution in [0.3, 0.4) is 0 Å². The first-order chi connectivity index (χ1) is 6.53. The summed E-state index contributed by atoms with van der Waals surface area (Å²) in [5, 5.41) is 8.55. The number of aliphatic carboxylic acids is 1. The van der Waals surface area contributed by atoms with Crippen molar-refractivity contribution >= 4 is 16.0 Å². The maximum absolute atomic E-state index is 11.4. The van der Waals surface area contributed by atoms with E-state index in [1.807, 2.05) is 20.8 Å². The zero-order valence-corrected chi connectivity index (χ0v) is 10.4. The standard InChI is InChI=1S/C9H19NO4S/c1-7(8(11)12)10-15(13,14)6-5-9(2,3)4/h7,10H,5-6H2,1-4H3,(H,11,12)/t7-/m0/s1. The van der Waals surface area contributed by atoms with Crippen LogP contribution in [-0.2, 0) is 14.8 Å². The molecular weight excluding hydrogens is 218 g/mol. The predicted molar refractivity (Wildman–Crippen MR) is 58.1 cm³/mol. The molecule has 90 valence electrons. The molecule has 0 aromatic heterocycles. The van der Waals surface area contributed by atoms with Gasteiger partial charge in [-0.1, -0.05) is 20.8 Å². The van der Waals surface area contributed by atoms with Crippen LogP contribution in [0, 0.1) is 5.41 Å². The van der Waals surface area contributed by atoms with Crippen molar-refractivity contribution < 1.29 is 18.3 Å². The van der Waals surface area contributed by atoms with E-state index in [2.05, 4.69) is 4.72 Å². The van der Waals surface area contributed by atoms with Gasteiger partial charge in [0, 0.05) is 0 Å². The van der Waals surface area contributed by atoms with Crippen LogP contribution < -0.4 is 4.72 Å². The highest BCUT2D eigenvalue weighted by Gasteiger charge is 2.21. The van der Waals surface area contributed by atoms with Gasteiger partial charge in [-0.05, 0) is 18.8 Å². The van der Waals surface area contributed by atoms with Crippen molar-refractivity contribution in [3.63, 3.8) is 0 Å². The first kappa shape index (κ1) is 14.4. The van der Waals surface area contributed by atoms with Gasteiger partial charge in [-0.25, -0.2) is 13.1 Å². The number of hydrogen-bond acceptors (Lipinski definition) is 3. The molecule has 0 amide bonds. The largest absolute Gasteiger partial charge is 0.480 e. The van der Waals surface area contributed by atoms with Gasteiger partial charge in [-0.2, -0.15) is 0 Å². The molecule has 1 atom stereocenters. The first-order valence-corrected chi connectivity index (χ1v) is 6.41. The van der Waals surface area contributed by atoms with Gasteiger partial charge in [0.2, 0.25) is 10.0 Å². The lowest BCUT2D eigenvalue weighted by Gasteiger charge is -2.18. The Morgan fingerprint density at radius 2 is 1.87 bits per heavy atom. The average molecular weight is 237 g/mol. The number of sulfonamides is 1. The Kier molecular flexibility index (Phi) is 4.73. The number of carboxylic acid groups (broad SMARTS) is 1. The molecule has 6 heteroatoms. The summed E-state index contributed by atoms with van der Waals surface area (Å²) in [7, 11) is -3.49. The highest BCUT2D eigenvalue weighted by atomic mass is 32.2. The second-order valence-electron chi connectivity index (χ2n) is 4.81. The summed E-state index contributed by atoms with van der Waals surface area (Å²) in [6.45, 7) is 7.10. The maximum Gasteiger partial charge on any atom is 0.321 e. The van der Waals surface area contributed by atoms with Crippen LogP contribution in [0.15, 0.2) is 0 Å². The highest BCUT2D eigenvalue weighted by molar-refractivity contribution is 7.89. The Morgan fingerprint density at radius 1 is 1.40 bits per heavy atom. The third-order valence-corrected chi connectivity index (χ3v) is 3.30. The minimum atomic E-state index is -3.49. The molecule has 0 fully saturated rings. The zero-order valence-electron chi connectivity index (χ0n) is 9.57. The third-order valence-electron chi connectivity index (χ3n) is 1.85. The van der Waals surface area contributed by atoms with E-state index in [0.717, 1.165) is 0 Å². The molecule has 2 N–H and O–H groups in total. The quantitative estimate of drug-likeness (QED) is 0.741. The fourth-order valence-corrected chi connectivity index (χ4v) is 2.46. The third kappa shape index (κ3) is 7.33. The molecule has 0 heterocycles. The van der Waals surface area contributed by atoms with E-state index in [0.29, 0.717) is 6.42 Å². The minimum Gasteiger partial charge on any atom is -0.480 e. The molecule has 0 aliphatic heterocycles. The van der Waals surface area contributed by atoms with Crippen LogP contribution in [0.2, 0.25) is 0 Å². The highest BCUT2D eigenvalue weighted by Crippen LogP contribution is 2.18. The second-order valence-corrected chi connectivity index (χ2v) is 6.68. The number of rotatable bonds is 5. The molecule has 0 aromatic rings. The van der Waals surface area contributed by atoms with Gasteiger partial charge < -0.3 is 5.11 Å². The molecule has 0 bridgehead atoms. The summed E-state index contributed by atoms with van der Waals surface area (Å²) < 4.78 is 24.9. The van der Waals surface area contributed by atoms with Gasteiger partial charge in [0.25, 0.3) is 0 Å². The SMILES string of the molecule is C[C@H](NS(=O)(=O)CCC(C)(C)C)C(=O)O. The molecule has 0 rings (SSSR count). The Labute approximate surface area is 90.9 Å². The van der Waals surface area contributed by atoms with E-state index < -0.39 is 22.0 Å². The van der Waals surface area contributed by atoms with E-state index in [9.17, 15) is 13.2 Å². The summed E-state index contributed by atoms with van der Waals surface area (Å²) in [6, 6.07) is -1.07. The summed E-state index contributed by atoms with van der Waals surface area (Å²) in [4.78, 5) is 10.5. The Hall–Kier alpha value is -0.620. The number of carboxylic acids is 1. The number of nitrogens with one attached hydrogen (secondary N) is 1. The topological polar surface area (TPSA) is 83.5 Å². The molecule has 0 saturated heterocycles. The van der Waals surface area contributed by atoms with Gasteiger partial charge in [0.05, 0.1) is 5.75 Å². The molecule has 0 unspecified atom stereocenters. The average Bonchev–Trinajstić information content (AvgIpc) is 1.99. The lowest BCUT2D eigenvalue weighted by Crippen LogP contribution is -2.40. The maximum atomic E-state index is 11.4. The summed E-state index contributed by atoms with van der Waals surface area (Å²) in [5.41, 5.74) is -0.0821. The smallest absolute Gasteiger partial charge is 0.321 e. The van der Waals surface area contributed by atoms with Crippen LogP contribution >= 0.6 is 0 Å². The molecular formula is C9H19NO4S. The molecule has 0 saturated carbocycles. The van der Waals surface area contributed by atoms with E-state index in [1.54, 1.807) is 0 Å². The molecule has 5 nitrogen and oxygen atoms in total.